The molecule has 0 saturated heterocycles. The van der Waals surface area contributed by atoms with Gasteiger partial charge in [0.2, 0.25) is 0 Å². The average Bonchev–Trinajstić information content (AvgIpc) is 3.15. The van der Waals surface area contributed by atoms with Crippen LogP contribution in [0.4, 0.5) is 5.82 Å². The third-order valence-electron chi connectivity index (χ3n) is 3.85. The highest BCUT2D eigenvalue weighted by Crippen LogP contribution is 2.15. The van der Waals surface area contributed by atoms with E-state index in [2.05, 4.69) is 41.6 Å². The summed E-state index contributed by atoms with van der Waals surface area (Å²) in [4.78, 5) is 12.4. The second kappa shape index (κ2) is 7.34. The highest BCUT2D eigenvalue weighted by Gasteiger charge is 2.15. The van der Waals surface area contributed by atoms with Gasteiger partial charge in [-0.15, -0.1) is 0 Å². The molecule has 1 N–H and O–H groups in total. The molecule has 3 aromatic rings. The number of aromatic nitrogens is 3. The molecule has 0 aliphatic rings. The van der Waals surface area contributed by atoms with Crippen LogP contribution >= 0.6 is 0 Å². The third kappa shape index (κ3) is 4.15. The number of anilines is 1. The average molecular weight is 338 g/mol. The Morgan fingerprint density at radius 2 is 2.08 bits per heavy atom. The van der Waals surface area contributed by atoms with E-state index in [1.807, 2.05) is 25.1 Å². The van der Waals surface area contributed by atoms with E-state index < -0.39 is 0 Å². The molecule has 6 nitrogen and oxygen atoms in total. The van der Waals surface area contributed by atoms with E-state index in [1.54, 1.807) is 10.7 Å². The molecule has 0 unspecified atom stereocenters. The minimum atomic E-state index is -0.295. The zero-order valence-corrected chi connectivity index (χ0v) is 14.7. The zero-order chi connectivity index (χ0) is 17.8. The van der Waals surface area contributed by atoms with E-state index >= 15 is 0 Å². The molecule has 0 radical (unpaired) electrons. The van der Waals surface area contributed by atoms with Crippen LogP contribution in [0.5, 0.6) is 0 Å². The standard InChI is InChI=1S/C19H22N4O2/c1-4-6-16-11-17(22-25-16)19(24)20-18-10-14(3)21-23(18)12-15-8-5-7-13(2)9-15/h5,7-11H,4,6,12H2,1-3H3,(H,20,24). The van der Waals surface area contributed by atoms with E-state index in [4.69, 9.17) is 4.52 Å². The van der Waals surface area contributed by atoms with E-state index in [1.165, 1.54) is 5.56 Å². The molecule has 0 saturated carbocycles. The number of aryl methyl sites for hydroxylation is 3. The van der Waals surface area contributed by atoms with Gasteiger partial charge in [-0.25, -0.2) is 4.68 Å². The van der Waals surface area contributed by atoms with Gasteiger partial charge in [-0.2, -0.15) is 5.10 Å². The lowest BCUT2D eigenvalue weighted by Crippen LogP contribution is -2.16. The van der Waals surface area contributed by atoms with Crippen molar-refractivity contribution in [3.8, 4) is 0 Å². The Labute approximate surface area is 146 Å². The number of nitrogens with zero attached hydrogens (tertiary/aromatic N) is 3. The van der Waals surface area contributed by atoms with Crippen LogP contribution in [0.1, 0.15) is 46.4 Å². The number of rotatable bonds is 6. The summed E-state index contributed by atoms with van der Waals surface area (Å²) in [7, 11) is 0. The predicted octanol–water partition coefficient (Wildman–Crippen LogP) is 3.74. The Morgan fingerprint density at radius 1 is 1.24 bits per heavy atom. The van der Waals surface area contributed by atoms with Crippen molar-refractivity contribution >= 4 is 11.7 Å². The highest BCUT2D eigenvalue weighted by molar-refractivity contribution is 6.02. The predicted molar refractivity (Wildman–Crippen MR) is 95.7 cm³/mol. The Hall–Kier alpha value is -2.89. The van der Waals surface area contributed by atoms with E-state index in [0.717, 1.165) is 29.9 Å². The molecule has 130 valence electrons. The summed E-state index contributed by atoms with van der Waals surface area (Å²) >= 11 is 0. The van der Waals surface area contributed by atoms with E-state index in [0.29, 0.717) is 12.4 Å². The first-order chi connectivity index (χ1) is 12.0. The topological polar surface area (TPSA) is 73.0 Å². The summed E-state index contributed by atoms with van der Waals surface area (Å²) in [5, 5.41) is 11.2. The molecule has 0 atom stereocenters. The van der Waals surface area contributed by atoms with E-state index in [-0.39, 0.29) is 11.6 Å². The van der Waals surface area contributed by atoms with Crippen molar-refractivity contribution in [1.82, 2.24) is 14.9 Å². The fourth-order valence-corrected chi connectivity index (χ4v) is 2.71. The van der Waals surface area contributed by atoms with Gasteiger partial charge in [0.15, 0.2) is 5.69 Å². The second-order valence-electron chi connectivity index (χ2n) is 6.20. The molecule has 25 heavy (non-hydrogen) atoms. The van der Waals surface area contributed by atoms with Gasteiger partial charge in [-0.05, 0) is 25.8 Å². The van der Waals surface area contributed by atoms with Crippen molar-refractivity contribution in [1.29, 1.82) is 0 Å². The first-order valence-corrected chi connectivity index (χ1v) is 8.42. The number of carbonyl (C=O) groups excluding carboxylic acids is 1. The van der Waals surface area contributed by atoms with Gasteiger partial charge in [-0.3, -0.25) is 4.79 Å². The van der Waals surface area contributed by atoms with Crippen LogP contribution in [0.15, 0.2) is 40.9 Å². The Kier molecular flexibility index (Phi) is 4.97. The number of carbonyl (C=O) groups is 1. The summed E-state index contributed by atoms with van der Waals surface area (Å²) in [5.41, 5.74) is 3.45. The fourth-order valence-electron chi connectivity index (χ4n) is 2.71. The minimum absolute atomic E-state index is 0.282. The van der Waals surface area contributed by atoms with Crippen LogP contribution in [-0.4, -0.2) is 20.8 Å². The Morgan fingerprint density at radius 3 is 2.84 bits per heavy atom. The molecule has 0 fully saturated rings. The van der Waals surface area contributed by atoms with Crippen molar-refractivity contribution in [2.24, 2.45) is 0 Å². The molecule has 6 heteroatoms. The summed E-state index contributed by atoms with van der Waals surface area (Å²) in [5.74, 6) is 1.07. The van der Waals surface area contributed by atoms with Crippen LogP contribution in [0.2, 0.25) is 0 Å². The maximum Gasteiger partial charge on any atom is 0.278 e. The van der Waals surface area contributed by atoms with Crippen molar-refractivity contribution in [2.75, 3.05) is 5.32 Å². The molecule has 0 spiro atoms. The first kappa shape index (κ1) is 17.0. The van der Waals surface area contributed by atoms with Gasteiger partial charge >= 0.3 is 0 Å². The molecule has 3 rings (SSSR count). The molecular weight excluding hydrogens is 316 g/mol. The maximum atomic E-state index is 12.4. The number of nitrogens with one attached hydrogen (secondary N) is 1. The lowest BCUT2D eigenvalue weighted by atomic mass is 10.1. The second-order valence-corrected chi connectivity index (χ2v) is 6.20. The van der Waals surface area contributed by atoms with Crippen molar-refractivity contribution < 1.29 is 9.32 Å². The molecule has 0 aliphatic heterocycles. The summed E-state index contributed by atoms with van der Waals surface area (Å²) in [6.07, 6.45) is 1.71. The zero-order valence-electron chi connectivity index (χ0n) is 14.7. The van der Waals surface area contributed by atoms with E-state index in [9.17, 15) is 4.79 Å². The number of hydrogen-bond donors (Lipinski definition) is 1. The quantitative estimate of drug-likeness (QED) is 0.743. The molecular formula is C19H22N4O2. The van der Waals surface area contributed by atoms with Crippen LogP contribution in [0.3, 0.4) is 0 Å². The van der Waals surface area contributed by atoms with Crippen LogP contribution in [0, 0.1) is 13.8 Å². The monoisotopic (exact) mass is 338 g/mol. The molecule has 0 aliphatic carbocycles. The summed E-state index contributed by atoms with van der Waals surface area (Å²) in [6, 6.07) is 11.8. The molecule has 1 amide bonds. The maximum absolute atomic E-state index is 12.4. The molecule has 2 heterocycles. The SMILES string of the molecule is CCCc1cc(C(=O)Nc2cc(C)nn2Cc2cccc(C)c2)no1. The minimum Gasteiger partial charge on any atom is -0.361 e. The van der Waals surface area contributed by atoms with Gasteiger partial charge < -0.3 is 9.84 Å². The molecule has 1 aromatic carbocycles. The normalized spacial score (nSPS) is 10.8. The highest BCUT2D eigenvalue weighted by atomic mass is 16.5. The Balaban J connectivity index is 1.77. The number of hydrogen-bond acceptors (Lipinski definition) is 4. The number of amides is 1. The first-order valence-electron chi connectivity index (χ1n) is 8.42. The number of benzene rings is 1. The summed E-state index contributed by atoms with van der Waals surface area (Å²) < 4.78 is 6.96. The third-order valence-corrected chi connectivity index (χ3v) is 3.85. The molecule has 0 bridgehead atoms. The molecule has 2 aromatic heterocycles. The smallest absolute Gasteiger partial charge is 0.278 e. The van der Waals surface area contributed by atoms with Crippen LogP contribution < -0.4 is 5.32 Å². The van der Waals surface area contributed by atoms with Gasteiger partial charge in [-0.1, -0.05) is 41.9 Å². The van der Waals surface area contributed by atoms with Crippen molar-refractivity contribution in [3.05, 3.63) is 64.7 Å². The van der Waals surface area contributed by atoms with Gasteiger partial charge in [0.1, 0.15) is 11.6 Å². The van der Waals surface area contributed by atoms with Crippen LogP contribution in [-0.2, 0) is 13.0 Å². The van der Waals surface area contributed by atoms with Crippen molar-refractivity contribution in [2.45, 2.75) is 40.2 Å². The van der Waals surface area contributed by atoms with Crippen molar-refractivity contribution in [3.63, 3.8) is 0 Å². The lowest BCUT2D eigenvalue weighted by Gasteiger charge is -2.08. The fraction of sp³-hybridized carbons (Fsp3) is 0.316. The van der Waals surface area contributed by atoms with Gasteiger partial charge in [0, 0.05) is 18.6 Å². The largest absolute Gasteiger partial charge is 0.361 e. The lowest BCUT2D eigenvalue weighted by molar-refractivity contribution is 0.101. The Bertz CT molecular complexity index is 879. The van der Waals surface area contributed by atoms with Gasteiger partial charge in [0.25, 0.3) is 5.91 Å². The van der Waals surface area contributed by atoms with Crippen LogP contribution in [0.25, 0.3) is 0 Å². The summed E-state index contributed by atoms with van der Waals surface area (Å²) in [6.45, 7) is 6.59. The van der Waals surface area contributed by atoms with Gasteiger partial charge in [0.05, 0.1) is 12.2 Å².